The molecule has 0 aromatic heterocycles. The van der Waals surface area contributed by atoms with Gasteiger partial charge in [-0.3, -0.25) is 19.8 Å². The molecule has 1 heterocycles. The molecule has 0 unspecified atom stereocenters. The molecule has 2 amide bonds. The average Bonchev–Trinajstić information content (AvgIpc) is 2.76. The zero-order valence-corrected chi connectivity index (χ0v) is 18.6. The molecule has 1 aliphatic rings. The van der Waals surface area contributed by atoms with Crippen LogP contribution >= 0.6 is 12.2 Å². The smallest absolute Gasteiger partial charge is 0.265 e. The van der Waals surface area contributed by atoms with E-state index in [9.17, 15) is 14.0 Å². The fourth-order valence-corrected chi connectivity index (χ4v) is 3.32. The molecule has 2 aromatic carbocycles. The van der Waals surface area contributed by atoms with Crippen LogP contribution in [0.1, 0.15) is 23.6 Å². The normalized spacial score (nSPS) is 15.0. The van der Waals surface area contributed by atoms with E-state index >= 15 is 0 Å². The van der Waals surface area contributed by atoms with Gasteiger partial charge in [0.05, 0.1) is 6.61 Å². The van der Waals surface area contributed by atoms with Crippen LogP contribution in [-0.4, -0.2) is 35.5 Å². The van der Waals surface area contributed by atoms with Crippen LogP contribution in [-0.2, 0) is 22.6 Å². The highest BCUT2D eigenvalue weighted by Crippen LogP contribution is 2.35. The van der Waals surface area contributed by atoms with Crippen LogP contribution in [0.15, 0.2) is 54.6 Å². The van der Waals surface area contributed by atoms with Gasteiger partial charge in [-0.05, 0) is 67.0 Å². The maximum atomic E-state index is 13.2. The third kappa shape index (κ3) is 5.20. The number of likely N-dealkylation sites (N-methyl/N-ethyl adjacent to an activating group) is 1. The molecule has 0 aliphatic carbocycles. The largest absolute Gasteiger partial charge is 0.490 e. The second-order valence-corrected chi connectivity index (χ2v) is 7.42. The molecular formula is C24H23FN2O4S. The summed E-state index contributed by atoms with van der Waals surface area (Å²) in [7, 11) is 1.50. The molecule has 1 aliphatic heterocycles. The minimum absolute atomic E-state index is 0.0342. The molecule has 6 nitrogen and oxygen atoms in total. The van der Waals surface area contributed by atoms with Gasteiger partial charge in [0.15, 0.2) is 16.6 Å². The lowest BCUT2D eigenvalue weighted by Crippen LogP contribution is -2.52. The van der Waals surface area contributed by atoms with Crippen molar-refractivity contribution in [1.82, 2.24) is 10.2 Å². The summed E-state index contributed by atoms with van der Waals surface area (Å²) in [6.07, 6.45) is 3.69. The van der Waals surface area contributed by atoms with E-state index in [-0.39, 0.29) is 23.1 Å². The number of ether oxygens (including phenoxy) is 2. The number of nitrogens with one attached hydrogen (secondary N) is 1. The standard InChI is InChI=1S/C24H23FN2O4S/c1-4-6-17-11-16(12-19-22(28)26-24(32)27(3)23(19)29)13-20(30-5-2)21(17)31-14-15-7-9-18(25)10-8-15/h4,7-13H,1,5-6,14H2,2-3H3,(H,26,28,32)/b19-12+. The van der Waals surface area contributed by atoms with Gasteiger partial charge >= 0.3 is 0 Å². The highest BCUT2D eigenvalue weighted by atomic mass is 32.1. The molecule has 1 N–H and O–H groups in total. The molecule has 1 saturated heterocycles. The van der Waals surface area contributed by atoms with Crippen molar-refractivity contribution in [3.8, 4) is 11.5 Å². The zero-order valence-electron chi connectivity index (χ0n) is 17.8. The van der Waals surface area contributed by atoms with Gasteiger partial charge in [0, 0.05) is 12.6 Å². The zero-order chi connectivity index (χ0) is 23.3. The van der Waals surface area contributed by atoms with Crippen molar-refractivity contribution in [2.45, 2.75) is 20.0 Å². The summed E-state index contributed by atoms with van der Waals surface area (Å²) < 4.78 is 25.0. The van der Waals surface area contributed by atoms with Gasteiger partial charge in [-0.2, -0.15) is 0 Å². The summed E-state index contributed by atoms with van der Waals surface area (Å²) in [5, 5.41) is 2.55. The summed E-state index contributed by atoms with van der Waals surface area (Å²) >= 11 is 4.98. The second kappa shape index (κ2) is 10.2. The molecule has 8 heteroatoms. The van der Waals surface area contributed by atoms with Crippen LogP contribution in [0.2, 0.25) is 0 Å². The van der Waals surface area contributed by atoms with Gasteiger partial charge < -0.3 is 9.47 Å². The van der Waals surface area contributed by atoms with Gasteiger partial charge in [-0.15, -0.1) is 6.58 Å². The van der Waals surface area contributed by atoms with E-state index in [4.69, 9.17) is 21.7 Å². The lowest BCUT2D eigenvalue weighted by molar-refractivity contribution is -0.128. The van der Waals surface area contributed by atoms with E-state index in [0.717, 1.165) is 11.1 Å². The van der Waals surface area contributed by atoms with Crippen LogP contribution < -0.4 is 14.8 Å². The monoisotopic (exact) mass is 454 g/mol. The number of amides is 2. The lowest BCUT2D eigenvalue weighted by Gasteiger charge is -2.25. The fraction of sp³-hybridized carbons (Fsp3) is 0.208. The quantitative estimate of drug-likeness (QED) is 0.285. The van der Waals surface area contributed by atoms with Gasteiger partial charge in [0.2, 0.25) is 0 Å². The Morgan fingerprint density at radius 2 is 1.91 bits per heavy atom. The van der Waals surface area contributed by atoms with Crippen molar-refractivity contribution in [1.29, 1.82) is 0 Å². The van der Waals surface area contributed by atoms with Crippen molar-refractivity contribution in [2.24, 2.45) is 0 Å². The molecule has 0 radical (unpaired) electrons. The average molecular weight is 455 g/mol. The van der Waals surface area contributed by atoms with Crippen LogP contribution in [0.4, 0.5) is 4.39 Å². The lowest BCUT2D eigenvalue weighted by atomic mass is 10.0. The van der Waals surface area contributed by atoms with Crippen LogP contribution in [0.5, 0.6) is 11.5 Å². The Balaban J connectivity index is 1.99. The number of rotatable bonds is 8. The van der Waals surface area contributed by atoms with E-state index in [2.05, 4.69) is 11.9 Å². The predicted molar refractivity (Wildman–Crippen MR) is 124 cm³/mol. The Bertz CT molecular complexity index is 1100. The summed E-state index contributed by atoms with van der Waals surface area (Å²) in [6, 6.07) is 9.56. The molecular weight excluding hydrogens is 431 g/mol. The number of nitrogens with zero attached hydrogens (tertiary/aromatic N) is 1. The van der Waals surface area contributed by atoms with Crippen molar-refractivity contribution in [3.05, 3.63) is 77.1 Å². The molecule has 32 heavy (non-hydrogen) atoms. The third-order valence-corrected chi connectivity index (χ3v) is 5.11. The first-order valence-corrected chi connectivity index (χ1v) is 10.4. The number of thiocarbonyl (C=S) groups is 1. The summed E-state index contributed by atoms with van der Waals surface area (Å²) in [5.74, 6) is -0.373. The van der Waals surface area contributed by atoms with Gasteiger partial charge in [-0.25, -0.2) is 4.39 Å². The fourth-order valence-electron chi connectivity index (χ4n) is 3.15. The first-order valence-electron chi connectivity index (χ1n) is 9.97. The highest BCUT2D eigenvalue weighted by molar-refractivity contribution is 7.80. The van der Waals surface area contributed by atoms with Crippen LogP contribution in [0, 0.1) is 5.82 Å². The molecule has 0 bridgehead atoms. The maximum Gasteiger partial charge on any atom is 0.265 e. The van der Waals surface area contributed by atoms with Gasteiger partial charge in [-0.1, -0.05) is 18.2 Å². The molecule has 0 atom stereocenters. The first kappa shape index (κ1) is 23.1. The van der Waals surface area contributed by atoms with Crippen molar-refractivity contribution < 1.29 is 23.5 Å². The third-order valence-electron chi connectivity index (χ3n) is 4.73. The van der Waals surface area contributed by atoms with E-state index < -0.39 is 11.8 Å². The number of carbonyl (C=O) groups excluding carboxylic acids is 2. The topological polar surface area (TPSA) is 67.9 Å². The Hall–Kier alpha value is -3.52. The molecule has 0 saturated carbocycles. The molecule has 0 spiro atoms. The number of halogens is 1. The number of carbonyl (C=O) groups is 2. The minimum atomic E-state index is -0.557. The highest BCUT2D eigenvalue weighted by Gasteiger charge is 2.31. The van der Waals surface area contributed by atoms with Crippen molar-refractivity contribution in [2.75, 3.05) is 13.7 Å². The van der Waals surface area contributed by atoms with E-state index in [1.165, 1.54) is 30.2 Å². The number of hydrogen-bond donors (Lipinski definition) is 1. The molecule has 2 aromatic rings. The van der Waals surface area contributed by atoms with Crippen LogP contribution in [0.25, 0.3) is 6.08 Å². The molecule has 166 valence electrons. The van der Waals surface area contributed by atoms with Crippen molar-refractivity contribution >= 4 is 35.2 Å². The Morgan fingerprint density at radius 1 is 1.19 bits per heavy atom. The Kier molecular flexibility index (Phi) is 7.37. The SMILES string of the molecule is C=CCc1cc(/C=C2\C(=O)NC(=S)N(C)C2=O)cc(OCC)c1OCc1ccc(F)cc1. The summed E-state index contributed by atoms with van der Waals surface area (Å²) in [6.45, 7) is 6.24. The van der Waals surface area contributed by atoms with Gasteiger partial charge in [0.1, 0.15) is 18.0 Å². The van der Waals surface area contributed by atoms with E-state index in [1.54, 1.807) is 24.3 Å². The first-order chi connectivity index (χ1) is 15.3. The predicted octanol–water partition coefficient (Wildman–Crippen LogP) is 3.79. The summed E-state index contributed by atoms with van der Waals surface area (Å²) in [4.78, 5) is 26.1. The van der Waals surface area contributed by atoms with Crippen LogP contribution in [0.3, 0.4) is 0 Å². The van der Waals surface area contributed by atoms with E-state index in [0.29, 0.717) is 30.1 Å². The number of allylic oxidation sites excluding steroid dienone is 1. The number of benzene rings is 2. The number of hydrogen-bond acceptors (Lipinski definition) is 5. The minimum Gasteiger partial charge on any atom is -0.490 e. The molecule has 1 fully saturated rings. The van der Waals surface area contributed by atoms with Gasteiger partial charge in [0.25, 0.3) is 11.8 Å². The maximum absolute atomic E-state index is 13.2. The summed E-state index contributed by atoms with van der Waals surface area (Å²) in [5.41, 5.74) is 2.13. The molecule has 3 rings (SSSR count). The Morgan fingerprint density at radius 3 is 2.56 bits per heavy atom. The van der Waals surface area contributed by atoms with E-state index in [1.807, 2.05) is 13.0 Å². The Labute approximate surface area is 191 Å². The van der Waals surface area contributed by atoms with Crippen molar-refractivity contribution in [3.63, 3.8) is 0 Å². The second-order valence-electron chi connectivity index (χ2n) is 7.03.